The Morgan fingerprint density at radius 2 is 2.17 bits per heavy atom. The van der Waals surface area contributed by atoms with Crippen LogP contribution in [0.15, 0.2) is 18.2 Å². The van der Waals surface area contributed by atoms with Gasteiger partial charge >= 0.3 is 6.03 Å². The molecule has 1 aliphatic heterocycles. The van der Waals surface area contributed by atoms with Gasteiger partial charge in [-0.2, -0.15) is 0 Å². The van der Waals surface area contributed by atoms with Gasteiger partial charge < -0.3 is 15.0 Å². The van der Waals surface area contributed by atoms with Crippen LogP contribution in [0.25, 0.3) is 10.2 Å². The lowest BCUT2D eigenvalue weighted by molar-refractivity contribution is 0.110. The Morgan fingerprint density at radius 1 is 1.43 bits per heavy atom. The quantitative estimate of drug-likeness (QED) is 0.934. The van der Waals surface area contributed by atoms with E-state index in [4.69, 9.17) is 4.74 Å². The first-order valence-electron chi connectivity index (χ1n) is 7.79. The van der Waals surface area contributed by atoms with Gasteiger partial charge in [0.15, 0.2) is 0 Å². The number of hydrogen-bond donors (Lipinski definition) is 1. The number of carbonyl (C=O) groups is 1. The van der Waals surface area contributed by atoms with Gasteiger partial charge in [-0.1, -0.05) is 11.3 Å². The molecule has 3 rings (SSSR count). The largest absolute Gasteiger partial charge is 0.467 e. The Labute approximate surface area is 138 Å². The normalized spacial score (nSPS) is 16.1. The lowest BCUT2D eigenvalue weighted by Crippen LogP contribution is -2.48. The molecule has 0 spiro atoms. The number of fused-ring (bicyclic) bond motifs is 1. The van der Waals surface area contributed by atoms with Gasteiger partial charge in [0.05, 0.1) is 10.2 Å². The van der Waals surface area contributed by atoms with Crippen LogP contribution in [0.3, 0.4) is 0 Å². The zero-order valence-corrected chi connectivity index (χ0v) is 14.0. The molecule has 0 bridgehead atoms. The van der Waals surface area contributed by atoms with Crippen molar-refractivity contribution < 1.29 is 13.9 Å². The second-order valence-corrected chi connectivity index (χ2v) is 6.99. The Balaban J connectivity index is 1.56. The summed E-state index contributed by atoms with van der Waals surface area (Å²) in [5.41, 5.74) is 0.750. The lowest BCUT2D eigenvalue weighted by Gasteiger charge is -2.32. The number of benzene rings is 1. The fraction of sp³-hybridized carbons (Fsp3) is 0.500. The van der Waals surface area contributed by atoms with Crippen molar-refractivity contribution in [2.24, 2.45) is 0 Å². The zero-order valence-electron chi connectivity index (χ0n) is 13.2. The van der Waals surface area contributed by atoms with Gasteiger partial charge in [-0.25, -0.2) is 14.2 Å². The maximum Gasteiger partial charge on any atom is 0.317 e. The minimum atomic E-state index is -0.267. The van der Waals surface area contributed by atoms with Gasteiger partial charge in [0.2, 0.25) is 0 Å². The SMILES string of the molecule is CC(C)NC(=O)N1CCC(Oc2nc3ccc(F)cc3s2)CC1. The molecule has 2 heterocycles. The number of urea groups is 1. The molecule has 1 N–H and O–H groups in total. The van der Waals surface area contributed by atoms with Crippen molar-refractivity contribution in [3.8, 4) is 5.19 Å². The Kier molecular flexibility index (Phi) is 4.66. The van der Waals surface area contributed by atoms with Crippen LogP contribution >= 0.6 is 11.3 Å². The molecule has 5 nitrogen and oxygen atoms in total. The molecule has 1 aromatic heterocycles. The lowest BCUT2D eigenvalue weighted by atomic mass is 10.1. The van der Waals surface area contributed by atoms with Crippen LogP contribution in [-0.4, -0.2) is 41.2 Å². The topological polar surface area (TPSA) is 54.5 Å². The van der Waals surface area contributed by atoms with Crippen molar-refractivity contribution in [1.29, 1.82) is 0 Å². The third-order valence-electron chi connectivity index (χ3n) is 3.74. The van der Waals surface area contributed by atoms with E-state index in [2.05, 4.69) is 10.3 Å². The number of ether oxygens (including phenoxy) is 1. The predicted octanol–water partition coefficient (Wildman–Crippen LogP) is 3.40. The Hall–Kier alpha value is -1.89. The van der Waals surface area contributed by atoms with Crippen molar-refractivity contribution in [1.82, 2.24) is 15.2 Å². The van der Waals surface area contributed by atoms with Crippen LogP contribution in [0.1, 0.15) is 26.7 Å². The number of aromatic nitrogens is 1. The van der Waals surface area contributed by atoms with Crippen LogP contribution < -0.4 is 10.1 Å². The molecular formula is C16H20FN3O2S. The van der Waals surface area contributed by atoms with E-state index >= 15 is 0 Å². The smallest absolute Gasteiger partial charge is 0.317 e. The minimum Gasteiger partial charge on any atom is -0.467 e. The average Bonchev–Trinajstić information content (AvgIpc) is 2.88. The van der Waals surface area contributed by atoms with Crippen molar-refractivity contribution in [2.75, 3.05) is 13.1 Å². The summed E-state index contributed by atoms with van der Waals surface area (Å²) in [6, 6.07) is 4.65. The summed E-state index contributed by atoms with van der Waals surface area (Å²) < 4.78 is 19.9. The fourth-order valence-electron chi connectivity index (χ4n) is 2.59. The number of nitrogens with zero attached hydrogens (tertiary/aromatic N) is 2. The molecule has 1 fully saturated rings. The third kappa shape index (κ3) is 3.90. The van der Waals surface area contributed by atoms with E-state index in [0.717, 1.165) is 23.1 Å². The molecule has 0 aliphatic carbocycles. The molecule has 0 atom stereocenters. The summed E-state index contributed by atoms with van der Waals surface area (Å²) in [7, 11) is 0. The van der Waals surface area contributed by atoms with Gasteiger partial charge in [0.25, 0.3) is 5.19 Å². The minimum absolute atomic E-state index is 0.0195. The molecule has 0 saturated carbocycles. The van der Waals surface area contributed by atoms with Crippen LogP contribution in [0, 0.1) is 5.82 Å². The van der Waals surface area contributed by atoms with E-state index in [0.29, 0.717) is 18.3 Å². The number of likely N-dealkylation sites (tertiary alicyclic amines) is 1. The second kappa shape index (κ2) is 6.70. The molecular weight excluding hydrogens is 317 g/mol. The number of carbonyl (C=O) groups excluding carboxylic acids is 1. The maximum absolute atomic E-state index is 13.2. The molecule has 2 aromatic rings. The number of nitrogens with one attached hydrogen (secondary N) is 1. The highest BCUT2D eigenvalue weighted by Gasteiger charge is 2.25. The van der Waals surface area contributed by atoms with E-state index in [9.17, 15) is 9.18 Å². The van der Waals surface area contributed by atoms with E-state index in [1.54, 1.807) is 6.07 Å². The molecule has 1 saturated heterocycles. The van der Waals surface area contributed by atoms with Crippen molar-refractivity contribution in [3.05, 3.63) is 24.0 Å². The van der Waals surface area contributed by atoms with Crippen molar-refractivity contribution in [2.45, 2.75) is 38.8 Å². The molecule has 7 heteroatoms. The van der Waals surface area contributed by atoms with E-state index < -0.39 is 0 Å². The number of halogens is 1. The van der Waals surface area contributed by atoms with E-state index in [1.807, 2.05) is 18.7 Å². The van der Waals surface area contributed by atoms with Gasteiger partial charge in [-0.05, 0) is 32.0 Å². The molecule has 2 amide bonds. The van der Waals surface area contributed by atoms with Gasteiger partial charge in [0.1, 0.15) is 11.9 Å². The first-order chi connectivity index (χ1) is 11.0. The van der Waals surface area contributed by atoms with Crippen molar-refractivity contribution >= 4 is 27.6 Å². The fourth-order valence-corrected chi connectivity index (χ4v) is 3.49. The van der Waals surface area contributed by atoms with E-state index in [1.165, 1.54) is 23.5 Å². The first kappa shape index (κ1) is 16.0. The van der Waals surface area contributed by atoms with Gasteiger partial charge in [-0.15, -0.1) is 0 Å². The first-order valence-corrected chi connectivity index (χ1v) is 8.61. The highest BCUT2D eigenvalue weighted by atomic mass is 32.1. The molecule has 0 radical (unpaired) electrons. The summed E-state index contributed by atoms with van der Waals surface area (Å²) in [4.78, 5) is 18.1. The van der Waals surface area contributed by atoms with Crippen molar-refractivity contribution in [3.63, 3.8) is 0 Å². The molecule has 124 valence electrons. The summed E-state index contributed by atoms with van der Waals surface area (Å²) >= 11 is 1.35. The van der Waals surface area contributed by atoms with Crippen LogP contribution in [-0.2, 0) is 0 Å². The summed E-state index contributed by atoms with van der Waals surface area (Å²) in [5.74, 6) is -0.267. The van der Waals surface area contributed by atoms with Crippen LogP contribution in [0.5, 0.6) is 5.19 Å². The van der Waals surface area contributed by atoms with E-state index in [-0.39, 0.29) is 24.0 Å². The summed E-state index contributed by atoms with van der Waals surface area (Å²) in [6.07, 6.45) is 1.59. The van der Waals surface area contributed by atoms with Crippen LogP contribution in [0.2, 0.25) is 0 Å². The third-order valence-corrected chi connectivity index (χ3v) is 4.65. The summed E-state index contributed by atoms with van der Waals surface area (Å²) in [6.45, 7) is 5.24. The maximum atomic E-state index is 13.2. The average molecular weight is 337 g/mol. The molecule has 1 aliphatic rings. The number of hydrogen-bond acceptors (Lipinski definition) is 4. The predicted molar refractivity (Wildman–Crippen MR) is 88.5 cm³/mol. The molecule has 0 unspecified atom stereocenters. The highest BCUT2D eigenvalue weighted by Crippen LogP contribution is 2.30. The Bertz CT molecular complexity index is 696. The highest BCUT2D eigenvalue weighted by molar-refractivity contribution is 7.20. The van der Waals surface area contributed by atoms with Gasteiger partial charge in [0, 0.05) is 32.0 Å². The number of thiazole rings is 1. The molecule has 1 aromatic carbocycles. The van der Waals surface area contributed by atoms with Crippen LogP contribution in [0.4, 0.5) is 9.18 Å². The van der Waals surface area contributed by atoms with Gasteiger partial charge in [-0.3, -0.25) is 0 Å². The standard InChI is InChI=1S/C16H20FN3O2S/c1-10(2)18-15(21)20-7-5-12(6-8-20)22-16-19-13-4-3-11(17)9-14(13)23-16/h3-4,9-10,12H,5-8H2,1-2H3,(H,18,21). The summed E-state index contributed by atoms with van der Waals surface area (Å²) in [5, 5.41) is 3.47. The second-order valence-electron chi connectivity index (χ2n) is 6.00. The number of rotatable bonds is 3. The Morgan fingerprint density at radius 3 is 2.87 bits per heavy atom. The molecule has 23 heavy (non-hydrogen) atoms. The zero-order chi connectivity index (χ0) is 16.4. The number of piperidine rings is 1. The monoisotopic (exact) mass is 337 g/mol. The number of amides is 2.